The molecule has 0 unspecified atom stereocenters. The summed E-state index contributed by atoms with van der Waals surface area (Å²) >= 11 is 1.54. The molecule has 4 fully saturated rings. The lowest BCUT2D eigenvalue weighted by atomic mass is 9.43. The summed E-state index contributed by atoms with van der Waals surface area (Å²) in [6, 6.07) is 8.00. The Morgan fingerprint density at radius 2 is 1.84 bits per heavy atom. The summed E-state index contributed by atoms with van der Waals surface area (Å²) in [6.45, 7) is 7.34. The van der Waals surface area contributed by atoms with Gasteiger partial charge < -0.3 is 15.5 Å². The summed E-state index contributed by atoms with van der Waals surface area (Å²) in [7, 11) is 0. The van der Waals surface area contributed by atoms with Crippen molar-refractivity contribution in [2.24, 2.45) is 46.3 Å². The molecule has 1 amide bonds. The maximum Gasteiger partial charge on any atom is 0.226 e. The third-order valence-electron chi connectivity index (χ3n) is 11.8. The highest BCUT2D eigenvalue weighted by atomic mass is 32.1. The first kappa shape index (κ1) is 25.8. The molecule has 4 saturated carbocycles. The van der Waals surface area contributed by atoms with Crippen molar-refractivity contribution in [3.63, 3.8) is 0 Å². The number of aliphatic hydroxyl groups excluding tert-OH is 2. The van der Waals surface area contributed by atoms with Gasteiger partial charge in [-0.2, -0.15) is 0 Å². The van der Waals surface area contributed by atoms with Crippen molar-refractivity contribution < 1.29 is 15.0 Å². The zero-order valence-corrected chi connectivity index (χ0v) is 23.5. The molecular formula is C31H44N2O3S. The largest absolute Gasteiger partial charge is 0.393 e. The monoisotopic (exact) mass is 524 g/mol. The van der Waals surface area contributed by atoms with E-state index in [1.807, 2.05) is 24.3 Å². The molecule has 2 aromatic rings. The number of amides is 1. The molecule has 5 nitrogen and oxygen atoms in total. The molecule has 1 aromatic heterocycles. The third-order valence-corrected chi connectivity index (χ3v) is 12.7. The molecule has 202 valence electrons. The maximum absolute atomic E-state index is 12.8. The predicted molar refractivity (Wildman–Crippen MR) is 149 cm³/mol. The lowest BCUT2D eigenvalue weighted by Gasteiger charge is -2.62. The lowest BCUT2D eigenvalue weighted by Crippen LogP contribution is -2.58. The average Bonchev–Trinajstić information content (AvgIpc) is 3.43. The van der Waals surface area contributed by atoms with E-state index in [2.05, 4.69) is 31.1 Å². The average molecular weight is 525 g/mol. The van der Waals surface area contributed by atoms with Crippen LogP contribution in [0.2, 0.25) is 0 Å². The molecule has 10 atom stereocenters. The van der Waals surface area contributed by atoms with Crippen LogP contribution in [0.15, 0.2) is 24.3 Å². The number of carbonyl (C=O) groups excluding carboxylic acids is 1. The van der Waals surface area contributed by atoms with Gasteiger partial charge in [0.15, 0.2) is 5.13 Å². The second kappa shape index (κ2) is 9.60. The molecule has 6 rings (SSSR count). The highest BCUT2D eigenvalue weighted by molar-refractivity contribution is 7.22. The summed E-state index contributed by atoms with van der Waals surface area (Å²) < 4.78 is 1.10. The Morgan fingerprint density at radius 1 is 1.08 bits per heavy atom. The summed E-state index contributed by atoms with van der Waals surface area (Å²) in [5.74, 6) is 3.18. The van der Waals surface area contributed by atoms with Crippen LogP contribution in [0.4, 0.5) is 5.13 Å². The fourth-order valence-electron chi connectivity index (χ4n) is 9.84. The van der Waals surface area contributed by atoms with Crippen LogP contribution in [-0.2, 0) is 4.79 Å². The first-order valence-corrected chi connectivity index (χ1v) is 15.5. The quantitative estimate of drug-likeness (QED) is 0.409. The van der Waals surface area contributed by atoms with Gasteiger partial charge in [-0.25, -0.2) is 4.98 Å². The Labute approximate surface area is 225 Å². The Bertz CT molecular complexity index is 1120. The number of thiazole rings is 1. The van der Waals surface area contributed by atoms with Crippen molar-refractivity contribution in [1.82, 2.24) is 4.98 Å². The number of para-hydroxylation sites is 1. The molecule has 1 aromatic carbocycles. The molecular weight excluding hydrogens is 480 g/mol. The fraction of sp³-hybridized carbons (Fsp3) is 0.742. The molecule has 6 heteroatoms. The molecule has 3 N–H and O–H groups in total. The van der Waals surface area contributed by atoms with E-state index in [9.17, 15) is 15.0 Å². The van der Waals surface area contributed by atoms with E-state index in [1.165, 1.54) is 37.0 Å². The summed E-state index contributed by atoms with van der Waals surface area (Å²) in [5, 5.41) is 25.5. The van der Waals surface area contributed by atoms with Gasteiger partial charge in [0.2, 0.25) is 5.91 Å². The zero-order valence-electron chi connectivity index (χ0n) is 22.7. The number of anilines is 1. The van der Waals surface area contributed by atoms with Gasteiger partial charge in [0.05, 0.1) is 22.4 Å². The first-order chi connectivity index (χ1) is 17.7. The molecule has 37 heavy (non-hydrogen) atoms. The normalized spacial score (nSPS) is 42.0. The standard InChI is InChI=1S/C31H44N2O3S/c1-18(8-11-27(36)33-29-32-24-6-4-5-7-26(24)37-29)21-9-10-22-28-23(13-15-31(21,22)3)30(2)14-12-20(34)16-19(30)17-25(28)35/h4-7,18-23,25,28,34-35H,8-17H2,1-3H3,(H,32,33,36)/t18-,19+,20-,21-,22+,23+,25+,28+,30+,31-/m0/s1. The maximum atomic E-state index is 12.8. The van der Waals surface area contributed by atoms with Crippen LogP contribution in [0.25, 0.3) is 10.2 Å². The first-order valence-electron chi connectivity index (χ1n) is 14.7. The fourth-order valence-corrected chi connectivity index (χ4v) is 10.7. The van der Waals surface area contributed by atoms with E-state index in [1.54, 1.807) is 0 Å². The number of hydrogen-bond donors (Lipinski definition) is 3. The van der Waals surface area contributed by atoms with Crippen LogP contribution < -0.4 is 5.32 Å². The van der Waals surface area contributed by atoms with Crippen molar-refractivity contribution in [2.45, 2.75) is 97.2 Å². The van der Waals surface area contributed by atoms with Crippen LogP contribution in [0, 0.1) is 46.3 Å². The van der Waals surface area contributed by atoms with E-state index in [0.29, 0.717) is 47.1 Å². The van der Waals surface area contributed by atoms with Gasteiger partial charge in [-0.05, 0) is 116 Å². The molecule has 0 saturated heterocycles. The van der Waals surface area contributed by atoms with Crippen LogP contribution >= 0.6 is 11.3 Å². The van der Waals surface area contributed by atoms with E-state index in [0.717, 1.165) is 42.3 Å². The van der Waals surface area contributed by atoms with Crippen molar-refractivity contribution in [2.75, 3.05) is 5.32 Å². The number of carbonyl (C=O) groups is 1. The van der Waals surface area contributed by atoms with Crippen molar-refractivity contribution in [1.29, 1.82) is 0 Å². The van der Waals surface area contributed by atoms with Gasteiger partial charge in [-0.15, -0.1) is 0 Å². The Morgan fingerprint density at radius 3 is 2.65 bits per heavy atom. The molecule has 4 aliphatic rings. The van der Waals surface area contributed by atoms with Gasteiger partial charge in [0, 0.05) is 6.42 Å². The number of aliphatic hydroxyl groups is 2. The summed E-state index contributed by atoms with van der Waals surface area (Å²) in [6.07, 6.45) is 9.68. The third kappa shape index (κ3) is 4.35. The number of hydrogen-bond acceptors (Lipinski definition) is 5. The van der Waals surface area contributed by atoms with Gasteiger partial charge in [0.25, 0.3) is 0 Å². The van der Waals surface area contributed by atoms with Crippen LogP contribution in [0.1, 0.15) is 85.0 Å². The van der Waals surface area contributed by atoms with Gasteiger partial charge in [0.1, 0.15) is 0 Å². The minimum absolute atomic E-state index is 0.0652. The SMILES string of the molecule is C[C@@H](CCC(=O)Nc1nc2ccccc2s1)[C@@H]1CC[C@@H]2[C@H]3[C@H](O)C[C@H]4C[C@@H](O)CC[C@@]4(C)[C@@H]3CC[C@]21C. The van der Waals surface area contributed by atoms with Crippen molar-refractivity contribution in [3.05, 3.63) is 24.3 Å². The number of rotatable bonds is 5. The lowest BCUT2D eigenvalue weighted by molar-refractivity contribution is -0.174. The van der Waals surface area contributed by atoms with Crippen LogP contribution in [-0.4, -0.2) is 33.3 Å². The highest BCUT2D eigenvalue weighted by Gasteiger charge is 2.62. The Hall–Kier alpha value is -1.50. The zero-order chi connectivity index (χ0) is 25.9. The van der Waals surface area contributed by atoms with E-state index in [-0.39, 0.29) is 28.9 Å². The summed E-state index contributed by atoms with van der Waals surface area (Å²) in [4.78, 5) is 17.4. The second-order valence-corrected chi connectivity index (χ2v) is 14.5. The summed E-state index contributed by atoms with van der Waals surface area (Å²) in [5.41, 5.74) is 1.46. The number of nitrogens with zero attached hydrogens (tertiary/aromatic N) is 1. The second-order valence-electron chi connectivity index (χ2n) is 13.5. The van der Waals surface area contributed by atoms with E-state index >= 15 is 0 Å². The van der Waals surface area contributed by atoms with Crippen molar-refractivity contribution >= 4 is 32.6 Å². The highest BCUT2D eigenvalue weighted by Crippen LogP contribution is 2.68. The Kier molecular flexibility index (Phi) is 6.69. The number of nitrogens with one attached hydrogen (secondary N) is 1. The van der Waals surface area contributed by atoms with Gasteiger partial charge in [-0.3, -0.25) is 4.79 Å². The molecule has 0 bridgehead atoms. The number of benzene rings is 1. The smallest absolute Gasteiger partial charge is 0.226 e. The van der Waals surface area contributed by atoms with Crippen molar-refractivity contribution in [3.8, 4) is 0 Å². The van der Waals surface area contributed by atoms with E-state index < -0.39 is 0 Å². The van der Waals surface area contributed by atoms with E-state index in [4.69, 9.17) is 0 Å². The predicted octanol–water partition coefficient (Wildman–Crippen LogP) is 6.64. The molecule has 4 aliphatic carbocycles. The number of fused-ring (bicyclic) bond motifs is 6. The minimum atomic E-state index is -0.230. The molecule has 0 radical (unpaired) electrons. The molecule has 0 spiro atoms. The topological polar surface area (TPSA) is 82.5 Å². The molecule has 0 aliphatic heterocycles. The molecule has 1 heterocycles. The number of aromatic nitrogens is 1. The van der Waals surface area contributed by atoms with Crippen LogP contribution in [0.5, 0.6) is 0 Å². The minimum Gasteiger partial charge on any atom is -0.393 e. The Balaban J connectivity index is 1.10. The van der Waals surface area contributed by atoms with Gasteiger partial charge in [-0.1, -0.05) is 44.2 Å². The van der Waals surface area contributed by atoms with Gasteiger partial charge >= 0.3 is 0 Å². The van der Waals surface area contributed by atoms with Crippen LogP contribution in [0.3, 0.4) is 0 Å².